The minimum absolute atomic E-state index is 0.752. The average molecular weight is 139 g/mol. The Kier molecular flexibility index (Phi) is 4.73. The molecule has 0 aliphatic rings. The van der Waals surface area contributed by atoms with E-state index < -0.39 is 0 Å². The lowest BCUT2D eigenvalue weighted by molar-refractivity contribution is 0.439. The third kappa shape index (κ3) is 4.19. The molecule has 10 heavy (non-hydrogen) atoms. The molecule has 0 atom stereocenters. The van der Waals surface area contributed by atoms with Crippen LogP contribution in [0.15, 0.2) is 25.6 Å². The molecule has 0 saturated heterocycles. The summed E-state index contributed by atoms with van der Waals surface area (Å²) in [5.74, 6) is 0.752. The Bertz CT molecular complexity index is 97.3. The molecule has 0 fully saturated rings. The maximum absolute atomic E-state index is 3.66. The molecule has 0 aromatic carbocycles. The van der Waals surface area contributed by atoms with E-state index in [1.807, 2.05) is 4.90 Å². The van der Waals surface area contributed by atoms with Gasteiger partial charge in [-0.25, -0.2) is 0 Å². The van der Waals surface area contributed by atoms with Gasteiger partial charge in [-0.3, -0.25) is 0 Å². The van der Waals surface area contributed by atoms with Crippen LogP contribution in [-0.4, -0.2) is 11.4 Å². The van der Waals surface area contributed by atoms with Crippen LogP contribution in [0.3, 0.4) is 0 Å². The summed E-state index contributed by atoms with van der Waals surface area (Å²) in [5, 5.41) is 0. The minimum Gasteiger partial charge on any atom is -0.355 e. The summed E-state index contributed by atoms with van der Waals surface area (Å²) in [5.41, 5.74) is 0. The molecule has 0 N–H and O–H groups in total. The molecule has 0 rings (SSSR count). The zero-order valence-corrected chi connectivity index (χ0v) is 7.01. The van der Waals surface area contributed by atoms with Crippen LogP contribution in [0.25, 0.3) is 0 Å². The van der Waals surface area contributed by atoms with Crippen molar-refractivity contribution in [3.8, 4) is 0 Å². The van der Waals surface area contributed by atoms with Crippen LogP contribution in [0.2, 0.25) is 0 Å². The summed E-state index contributed by atoms with van der Waals surface area (Å²) in [6.07, 6.45) is 4.79. The van der Waals surface area contributed by atoms with E-state index in [4.69, 9.17) is 0 Å². The Balaban J connectivity index is 3.44. The predicted octanol–water partition coefficient (Wildman–Crippen LogP) is 2.62. The molecule has 0 unspecified atom stereocenters. The lowest BCUT2D eigenvalue weighted by atomic mass is 10.1. The van der Waals surface area contributed by atoms with Crippen molar-refractivity contribution >= 4 is 0 Å². The predicted molar refractivity (Wildman–Crippen MR) is 46.6 cm³/mol. The van der Waals surface area contributed by atoms with Crippen molar-refractivity contribution in [1.29, 1.82) is 0 Å². The molecule has 0 radical (unpaired) electrons. The second-order valence-electron chi connectivity index (χ2n) is 2.79. The van der Waals surface area contributed by atoms with Crippen LogP contribution in [0.1, 0.15) is 20.3 Å². The van der Waals surface area contributed by atoms with Crippen LogP contribution in [0, 0.1) is 5.92 Å². The molecule has 0 amide bonds. The maximum Gasteiger partial charge on any atom is 0.0221 e. The van der Waals surface area contributed by atoms with E-state index in [1.165, 1.54) is 6.42 Å². The summed E-state index contributed by atoms with van der Waals surface area (Å²) in [6.45, 7) is 12.8. The van der Waals surface area contributed by atoms with Gasteiger partial charge in [0, 0.05) is 6.54 Å². The fourth-order valence-electron chi connectivity index (χ4n) is 0.664. The molecule has 1 nitrogen and oxygen atoms in total. The number of hydrogen-bond donors (Lipinski definition) is 0. The summed E-state index contributed by atoms with van der Waals surface area (Å²) in [4.78, 5) is 2.00. The van der Waals surface area contributed by atoms with Gasteiger partial charge in [-0.15, -0.1) is 0 Å². The van der Waals surface area contributed by atoms with Crippen molar-refractivity contribution in [2.75, 3.05) is 6.54 Å². The van der Waals surface area contributed by atoms with E-state index in [9.17, 15) is 0 Å². The quantitative estimate of drug-likeness (QED) is 0.566. The van der Waals surface area contributed by atoms with Gasteiger partial charge in [0.25, 0.3) is 0 Å². The Labute approximate surface area is 64.0 Å². The van der Waals surface area contributed by atoms with Crippen molar-refractivity contribution in [2.45, 2.75) is 20.3 Å². The van der Waals surface area contributed by atoms with Crippen molar-refractivity contribution in [3.63, 3.8) is 0 Å². The van der Waals surface area contributed by atoms with Gasteiger partial charge in [-0.05, 0) is 24.7 Å². The van der Waals surface area contributed by atoms with Crippen LogP contribution >= 0.6 is 0 Å². The van der Waals surface area contributed by atoms with E-state index in [0.29, 0.717) is 0 Å². The molecule has 0 heterocycles. The van der Waals surface area contributed by atoms with Crippen molar-refractivity contribution < 1.29 is 0 Å². The second kappa shape index (κ2) is 5.10. The highest BCUT2D eigenvalue weighted by Gasteiger charge is 1.95. The fourth-order valence-corrected chi connectivity index (χ4v) is 0.664. The highest BCUT2D eigenvalue weighted by molar-refractivity contribution is 4.80. The van der Waals surface area contributed by atoms with Crippen molar-refractivity contribution in [1.82, 2.24) is 4.90 Å². The standard InChI is InChI=1S/C9H17N/c1-5-10(6-2)8-7-9(3)4/h5-6,9H,1-2,7-8H2,3-4H3. The molecule has 0 aromatic heterocycles. The normalized spacial score (nSPS) is 9.50. The summed E-state index contributed by atoms with van der Waals surface area (Å²) < 4.78 is 0. The summed E-state index contributed by atoms with van der Waals surface area (Å²) in [6, 6.07) is 0. The van der Waals surface area contributed by atoms with Crippen LogP contribution in [0.4, 0.5) is 0 Å². The number of nitrogens with zero attached hydrogens (tertiary/aromatic N) is 1. The molecule has 0 saturated carbocycles. The van der Waals surface area contributed by atoms with Gasteiger partial charge >= 0.3 is 0 Å². The van der Waals surface area contributed by atoms with Crippen molar-refractivity contribution in [2.24, 2.45) is 5.92 Å². The Morgan fingerprint density at radius 2 is 1.80 bits per heavy atom. The number of hydrogen-bond acceptors (Lipinski definition) is 1. The highest BCUT2D eigenvalue weighted by atomic mass is 15.1. The Morgan fingerprint density at radius 3 is 2.10 bits per heavy atom. The molecule has 0 aliphatic carbocycles. The SMILES string of the molecule is C=CN(C=C)CCC(C)C. The zero-order valence-electron chi connectivity index (χ0n) is 7.01. The first-order chi connectivity index (χ1) is 4.70. The maximum atomic E-state index is 3.66. The molecule has 0 bridgehead atoms. The monoisotopic (exact) mass is 139 g/mol. The van der Waals surface area contributed by atoms with Gasteiger partial charge in [0.05, 0.1) is 0 Å². The Morgan fingerprint density at radius 1 is 1.30 bits per heavy atom. The van der Waals surface area contributed by atoms with E-state index in [2.05, 4.69) is 27.0 Å². The van der Waals surface area contributed by atoms with Gasteiger partial charge in [0.15, 0.2) is 0 Å². The first-order valence-corrected chi connectivity index (χ1v) is 3.71. The van der Waals surface area contributed by atoms with Gasteiger partial charge in [-0.1, -0.05) is 27.0 Å². The third-order valence-electron chi connectivity index (χ3n) is 1.43. The molecule has 58 valence electrons. The third-order valence-corrected chi connectivity index (χ3v) is 1.43. The van der Waals surface area contributed by atoms with E-state index in [0.717, 1.165) is 12.5 Å². The topological polar surface area (TPSA) is 3.24 Å². The summed E-state index contributed by atoms with van der Waals surface area (Å²) in [7, 11) is 0. The van der Waals surface area contributed by atoms with Crippen LogP contribution in [0.5, 0.6) is 0 Å². The zero-order chi connectivity index (χ0) is 7.98. The number of rotatable bonds is 5. The summed E-state index contributed by atoms with van der Waals surface area (Å²) >= 11 is 0. The fraction of sp³-hybridized carbons (Fsp3) is 0.556. The minimum atomic E-state index is 0.752. The highest BCUT2D eigenvalue weighted by Crippen LogP contribution is 2.01. The largest absolute Gasteiger partial charge is 0.355 e. The van der Waals surface area contributed by atoms with E-state index in [1.54, 1.807) is 12.4 Å². The Hall–Kier alpha value is -0.720. The lowest BCUT2D eigenvalue weighted by Gasteiger charge is -2.14. The average Bonchev–Trinajstić information content (AvgIpc) is 1.90. The van der Waals surface area contributed by atoms with Crippen molar-refractivity contribution in [3.05, 3.63) is 25.6 Å². The van der Waals surface area contributed by atoms with Gasteiger partial charge in [0.2, 0.25) is 0 Å². The van der Waals surface area contributed by atoms with E-state index >= 15 is 0 Å². The second-order valence-corrected chi connectivity index (χ2v) is 2.79. The van der Waals surface area contributed by atoms with Gasteiger partial charge in [-0.2, -0.15) is 0 Å². The molecular weight excluding hydrogens is 122 g/mol. The molecule has 1 heteroatoms. The first-order valence-electron chi connectivity index (χ1n) is 3.71. The van der Waals surface area contributed by atoms with Gasteiger partial charge < -0.3 is 4.90 Å². The lowest BCUT2D eigenvalue weighted by Crippen LogP contribution is -2.11. The van der Waals surface area contributed by atoms with Crippen LogP contribution < -0.4 is 0 Å². The molecular formula is C9H17N. The first kappa shape index (κ1) is 9.28. The van der Waals surface area contributed by atoms with Crippen LogP contribution in [-0.2, 0) is 0 Å². The van der Waals surface area contributed by atoms with Gasteiger partial charge in [0.1, 0.15) is 0 Å². The van der Waals surface area contributed by atoms with E-state index in [-0.39, 0.29) is 0 Å². The smallest absolute Gasteiger partial charge is 0.0221 e. The molecule has 0 spiro atoms. The molecule has 0 aromatic rings. The molecule has 0 aliphatic heterocycles.